The number of carbonyl (C=O) groups is 1. The fourth-order valence-electron chi connectivity index (χ4n) is 1.80. The molecule has 0 saturated carbocycles. The molecule has 0 fully saturated rings. The van der Waals surface area contributed by atoms with Crippen molar-refractivity contribution in [3.8, 4) is 0 Å². The fraction of sp³-hybridized carbons (Fsp3) is 0.538. The molecule has 1 atom stereocenters. The van der Waals surface area contributed by atoms with Crippen molar-refractivity contribution in [3.63, 3.8) is 0 Å². The number of ether oxygens (including phenoxy) is 1. The molecule has 100 valence electrons. The number of hydrogen-bond acceptors (Lipinski definition) is 4. The molecule has 2 N–H and O–H groups in total. The van der Waals surface area contributed by atoms with Crippen molar-refractivity contribution >= 4 is 11.7 Å². The Kier molecular flexibility index (Phi) is 6.14. The van der Waals surface area contributed by atoms with E-state index in [0.29, 0.717) is 18.0 Å². The van der Waals surface area contributed by atoms with Gasteiger partial charge < -0.3 is 15.4 Å². The molecule has 0 aromatic carbocycles. The first-order valence-corrected chi connectivity index (χ1v) is 6.15. The molecule has 0 radical (unpaired) electrons. The van der Waals surface area contributed by atoms with Gasteiger partial charge in [0.2, 0.25) is 0 Å². The number of anilines is 1. The summed E-state index contributed by atoms with van der Waals surface area (Å²) < 4.78 is 5.10. The minimum absolute atomic E-state index is 0.0393. The van der Waals surface area contributed by atoms with Gasteiger partial charge in [0.25, 0.3) is 5.91 Å². The van der Waals surface area contributed by atoms with Crippen LogP contribution in [0, 0.1) is 0 Å². The first kappa shape index (κ1) is 14.4. The number of amides is 1. The minimum atomic E-state index is -0.122. The van der Waals surface area contributed by atoms with Crippen LogP contribution in [0.2, 0.25) is 0 Å². The van der Waals surface area contributed by atoms with Crippen LogP contribution < -0.4 is 10.6 Å². The van der Waals surface area contributed by atoms with Crippen molar-refractivity contribution in [2.75, 3.05) is 26.1 Å². The molecule has 5 nitrogen and oxygen atoms in total. The van der Waals surface area contributed by atoms with Gasteiger partial charge in [0.1, 0.15) is 5.82 Å². The van der Waals surface area contributed by atoms with Crippen LogP contribution in [0.5, 0.6) is 0 Å². The van der Waals surface area contributed by atoms with Gasteiger partial charge in [0, 0.05) is 20.4 Å². The molecule has 5 heteroatoms. The van der Waals surface area contributed by atoms with E-state index in [1.54, 1.807) is 32.5 Å². The number of hydrogen-bond donors (Lipinski definition) is 2. The molecule has 1 aromatic heterocycles. The van der Waals surface area contributed by atoms with E-state index in [0.717, 1.165) is 12.8 Å². The molecule has 1 heterocycles. The Labute approximate surface area is 108 Å². The van der Waals surface area contributed by atoms with Gasteiger partial charge in [-0.3, -0.25) is 4.79 Å². The van der Waals surface area contributed by atoms with Crippen molar-refractivity contribution in [2.45, 2.75) is 25.8 Å². The lowest BCUT2D eigenvalue weighted by Crippen LogP contribution is -2.38. The molecule has 0 aliphatic rings. The van der Waals surface area contributed by atoms with Gasteiger partial charge in [-0.15, -0.1) is 0 Å². The molecule has 1 aromatic rings. The van der Waals surface area contributed by atoms with Crippen LogP contribution >= 0.6 is 0 Å². The number of pyridine rings is 1. The SMILES string of the molecule is CCCC(COC)NC(=O)c1cccnc1NC. The number of aromatic nitrogens is 1. The van der Waals surface area contributed by atoms with Gasteiger partial charge in [0.05, 0.1) is 18.2 Å². The van der Waals surface area contributed by atoms with Gasteiger partial charge in [-0.2, -0.15) is 0 Å². The Bertz CT molecular complexity index is 376. The van der Waals surface area contributed by atoms with Crippen LogP contribution in [-0.4, -0.2) is 37.7 Å². The van der Waals surface area contributed by atoms with Crippen molar-refractivity contribution in [2.24, 2.45) is 0 Å². The third kappa shape index (κ3) is 4.00. The maximum Gasteiger partial charge on any atom is 0.255 e. The lowest BCUT2D eigenvalue weighted by molar-refractivity contribution is 0.0892. The summed E-state index contributed by atoms with van der Waals surface area (Å²) in [6, 6.07) is 3.54. The van der Waals surface area contributed by atoms with Crippen LogP contribution in [0.1, 0.15) is 30.1 Å². The standard InChI is InChI=1S/C13H21N3O2/c1-4-6-10(9-18-3)16-13(17)11-7-5-8-15-12(11)14-2/h5,7-8,10H,4,6,9H2,1-3H3,(H,14,15)(H,16,17). The van der Waals surface area contributed by atoms with Gasteiger partial charge in [-0.05, 0) is 18.6 Å². The van der Waals surface area contributed by atoms with Crippen LogP contribution in [0.4, 0.5) is 5.82 Å². The van der Waals surface area contributed by atoms with E-state index in [2.05, 4.69) is 22.5 Å². The fourth-order valence-corrected chi connectivity index (χ4v) is 1.80. The predicted molar refractivity (Wildman–Crippen MR) is 71.8 cm³/mol. The first-order chi connectivity index (χ1) is 8.72. The third-order valence-electron chi connectivity index (χ3n) is 2.63. The largest absolute Gasteiger partial charge is 0.383 e. The second-order valence-corrected chi connectivity index (χ2v) is 4.06. The lowest BCUT2D eigenvalue weighted by atomic mass is 10.1. The summed E-state index contributed by atoms with van der Waals surface area (Å²) in [4.78, 5) is 16.3. The van der Waals surface area contributed by atoms with E-state index in [4.69, 9.17) is 4.74 Å². The summed E-state index contributed by atoms with van der Waals surface area (Å²) in [5.74, 6) is 0.464. The third-order valence-corrected chi connectivity index (χ3v) is 2.63. The van der Waals surface area contributed by atoms with Gasteiger partial charge in [0.15, 0.2) is 0 Å². The van der Waals surface area contributed by atoms with E-state index in [-0.39, 0.29) is 11.9 Å². The van der Waals surface area contributed by atoms with Crippen molar-refractivity contribution < 1.29 is 9.53 Å². The predicted octanol–water partition coefficient (Wildman–Crippen LogP) is 1.67. The van der Waals surface area contributed by atoms with Crippen molar-refractivity contribution in [1.82, 2.24) is 10.3 Å². The molecule has 0 saturated heterocycles. The molecule has 0 bridgehead atoms. The highest BCUT2D eigenvalue weighted by molar-refractivity contribution is 5.98. The summed E-state index contributed by atoms with van der Waals surface area (Å²) in [6.45, 7) is 2.60. The van der Waals surface area contributed by atoms with E-state index in [1.807, 2.05) is 0 Å². The van der Waals surface area contributed by atoms with Crippen molar-refractivity contribution in [1.29, 1.82) is 0 Å². The maximum absolute atomic E-state index is 12.1. The Morgan fingerprint density at radius 3 is 2.94 bits per heavy atom. The Hall–Kier alpha value is -1.62. The minimum Gasteiger partial charge on any atom is -0.383 e. The Balaban J connectivity index is 2.73. The highest BCUT2D eigenvalue weighted by Gasteiger charge is 2.15. The zero-order valence-corrected chi connectivity index (χ0v) is 11.2. The zero-order chi connectivity index (χ0) is 13.4. The quantitative estimate of drug-likeness (QED) is 0.773. The topological polar surface area (TPSA) is 63.2 Å². The van der Waals surface area contributed by atoms with E-state index in [1.165, 1.54) is 0 Å². The maximum atomic E-state index is 12.1. The summed E-state index contributed by atoms with van der Waals surface area (Å²) >= 11 is 0. The average molecular weight is 251 g/mol. The first-order valence-electron chi connectivity index (χ1n) is 6.15. The zero-order valence-electron chi connectivity index (χ0n) is 11.2. The molecule has 1 unspecified atom stereocenters. The van der Waals surface area contributed by atoms with Gasteiger partial charge in [-0.25, -0.2) is 4.98 Å². The summed E-state index contributed by atoms with van der Waals surface area (Å²) in [6.07, 6.45) is 3.55. The van der Waals surface area contributed by atoms with Gasteiger partial charge in [-0.1, -0.05) is 13.3 Å². The number of nitrogens with one attached hydrogen (secondary N) is 2. The molecular formula is C13H21N3O2. The second kappa shape index (κ2) is 7.66. The molecule has 0 spiro atoms. The Morgan fingerprint density at radius 1 is 1.56 bits per heavy atom. The normalized spacial score (nSPS) is 11.9. The van der Waals surface area contributed by atoms with Crippen LogP contribution in [0.25, 0.3) is 0 Å². The highest BCUT2D eigenvalue weighted by atomic mass is 16.5. The summed E-state index contributed by atoms with van der Waals surface area (Å²) in [5.41, 5.74) is 0.553. The second-order valence-electron chi connectivity index (χ2n) is 4.06. The average Bonchev–Trinajstić information content (AvgIpc) is 2.39. The molecular weight excluding hydrogens is 230 g/mol. The number of carbonyl (C=O) groups excluding carboxylic acids is 1. The molecule has 1 rings (SSSR count). The van der Waals surface area contributed by atoms with Crippen LogP contribution in [0.3, 0.4) is 0 Å². The summed E-state index contributed by atoms with van der Waals surface area (Å²) in [5, 5.41) is 5.88. The number of nitrogens with zero attached hydrogens (tertiary/aromatic N) is 1. The highest BCUT2D eigenvalue weighted by Crippen LogP contribution is 2.11. The van der Waals surface area contributed by atoms with Crippen LogP contribution in [-0.2, 0) is 4.74 Å². The smallest absolute Gasteiger partial charge is 0.255 e. The summed E-state index contributed by atoms with van der Waals surface area (Å²) in [7, 11) is 3.38. The molecule has 1 amide bonds. The van der Waals surface area contributed by atoms with Crippen LogP contribution in [0.15, 0.2) is 18.3 Å². The van der Waals surface area contributed by atoms with Crippen molar-refractivity contribution in [3.05, 3.63) is 23.9 Å². The Morgan fingerprint density at radius 2 is 2.33 bits per heavy atom. The monoisotopic (exact) mass is 251 g/mol. The molecule has 0 aliphatic carbocycles. The van der Waals surface area contributed by atoms with E-state index >= 15 is 0 Å². The molecule has 0 aliphatic heterocycles. The van der Waals surface area contributed by atoms with Gasteiger partial charge >= 0.3 is 0 Å². The van der Waals surface area contributed by atoms with E-state index < -0.39 is 0 Å². The molecule has 18 heavy (non-hydrogen) atoms. The number of methoxy groups -OCH3 is 1. The van der Waals surface area contributed by atoms with E-state index in [9.17, 15) is 4.79 Å². The lowest BCUT2D eigenvalue weighted by Gasteiger charge is -2.17. The number of rotatable bonds is 7.